The Morgan fingerprint density at radius 3 is 2.67 bits per heavy atom. The first-order chi connectivity index (χ1) is 8.52. The first-order valence-electron chi connectivity index (χ1n) is 5.65. The molecule has 0 saturated carbocycles. The van der Waals surface area contributed by atoms with Gasteiger partial charge in [0.25, 0.3) is 0 Å². The third-order valence-electron chi connectivity index (χ3n) is 2.92. The molecule has 1 aromatic carbocycles. The van der Waals surface area contributed by atoms with E-state index >= 15 is 0 Å². The van der Waals surface area contributed by atoms with Crippen LogP contribution in [0.1, 0.15) is 22.9 Å². The molecule has 2 rings (SSSR count). The standard InChI is InChI=1S/C13H15ClFN3/c1-8-11(7-18(3)17-8)13(16-2)10-6-9(15)4-5-12(10)14/h4-7,13,16H,1-3H3. The summed E-state index contributed by atoms with van der Waals surface area (Å²) in [5.74, 6) is -0.295. The molecule has 2 aromatic rings. The van der Waals surface area contributed by atoms with Crippen molar-refractivity contribution in [3.05, 3.63) is 52.1 Å². The molecule has 5 heteroatoms. The fourth-order valence-electron chi connectivity index (χ4n) is 2.12. The maximum absolute atomic E-state index is 13.4. The van der Waals surface area contributed by atoms with Crippen LogP contribution in [0, 0.1) is 12.7 Å². The SMILES string of the molecule is CNC(c1cc(F)ccc1Cl)c1cn(C)nc1C. The predicted octanol–water partition coefficient (Wildman–Crippen LogP) is 2.83. The summed E-state index contributed by atoms with van der Waals surface area (Å²) >= 11 is 6.14. The number of benzene rings is 1. The van der Waals surface area contributed by atoms with E-state index < -0.39 is 0 Å². The molecule has 1 atom stereocenters. The van der Waals surface area contributed by atoms with E-state index in [-0.39, 0.29) is 11.9 Å². The first kappa shape index (κ1) is 13.1. The zero-order valence-electron chi connectivity index (χ0n) is 10.5. The Balaban J connectivity index is 2.51. The third-order valence-corrected chi connectivity index (χ3v) is 3.26. The maximum Gasteiger partial charge on any atom is 0.123 e. The van der Waals surface area contributed by atoms with Crippen molar-refractivity contribution < 1.29 is 4.39 Å². The average Bonchev–Trinajstić information content (AvgIpc) is 2.64. The summed E-state index contributed by atoms with van der Waals surface area (Å²) in [5, 5.41) is 7.99. The van der Waals surface area contributed by atoms with E-state index in [4.69, 9.17) is 11.6 Å². The molecule has 0 aliphatic carbocycles. The number of hydrogen-bond donors (Lipinski definition) is 1. The fourth-order valence-corrected chi connectivity index (χ4v) is 2.34. The highest BCUT2D eigenvalue weighted by molar-refractivity contribution is 6.31. The number of nitrogens with one attached hydrogen (secondary N) is 1. The number of aromatic nitrogens is 2. The van der Waals surface area contributed by atoms with E-state index in [2.05, 4.69) is 10.4 Å². The Labute approximate surface area is 111 Å². The molecule has 0 spiro atoms. The third kappa shape index (κ3) is 2.40. The van der Waals surface area contributed by atoms with Gasteiger partial charge in [0.05, 0.1) is 11.7 Å². The van der Waals surface area contributed by atoms with Crippen molar-refractivity contribution >= 4 is 11.6 Å². The summed E-state index contributed by atoms with van der Waals surface area (Å²) in [6.07, 6.45) is 1.91. The normalized spacial score (nSPS) is 12.7. The molecule has 1 N–H and O–H groups in total. The van der Waals surface area contributed by atoms with Crippen LogP contribution in [-0.2, 0) is 7.05 Å². The maximum atomic E-state index is 13.4. The molecule has 0 aliphatic rings. The smallest absolute Gasteiger partial charge is 0.123 e. The minimum absolute atomic E-state index is 0.165. The minimum atomic E-state index is -0.295. The summed E-state index contributed by atoms with van der Waals surface area (Å²) < 4.78 is 15.1. The molecule has 1 heterocycles. The van der Waals surface area contributed by atoms with E-state index in [1.54, 1.807) is 10.7 Å². The van der Waals surface area contributed by atoms with E-state index in [0.717, 1.165) is 16.8 Å². The van der Waals surface area contributed by atoms with Crippen LogP contribution in [0.3, 0.4) is 0 Å². The number of hydrogen-bond acceptors (Lipinski definition) is 2. The Morgan fingerprint density at radius 1 is 1.39 bits per heavy atom. The van der Waals surface area contributed by atoms with Gasteiger partial charge in [-0.1, -0.05) is 11.6 Å². The lowest BCUT2D eigenvalue weighted by molar-refractivity contribution is 0.616. The van der Waals surface area contributed by atoms with Gasteiger partial charge in [-0.15, -0.1) is 0 Å². The van der Waals surface area contributed by atoms with Gasteiger partial charge in [-0.25, -0.2) is 4.39 Å². The molecule has 1 aromatic heterocycles. The van der Waals surface area contributed by atoms with Gasteiger partial charge in [0, 0.05) is 23.8 Å². The van der Waals surface area contributed by atoms with Crippen molar-refractivity contribution in [2.24, 2.45) is 7.05 Å². The molecule has 3 nitrogen and oxygen atoms in total. The van der Waals surface area contributed by atoms with Crippen LogP contribution in [0.2, 0.25) is 5.02 Å². The minimum Gasteiger partial charge on any atom is -0.309 e. The van der Waals surface area contributed by atoms with Gasteiger partial charge in [0.1, 0.15) is 5.82 Å². The lowest BCUT2D eigenvalue weighted by Crippen LogP contribution is -2.18. The van der Waals surface area contributed by atoms with E-state index in [1.165, 1.54) is 12.1 Å². The Hall–Kier alpha value is -1.39. The second kappa shape index (κ2) is 5.08. The van der Waals surface area contributed by atoms with Crippen LogP contribution in [0.15, 0.2) is 24.4 Å². The predicted molar refractivity (Wildman–Crippen MR) is 70.3 cm³/mol. The Bertz CT molecular complexity index is 565. The fraction of sp³-hybridized carbons (Fsp3) is 0.308. The Kier molecular flexibility index (Phi) is 3.68. The van der Waals surface area contributed by atoms with Crippen molar-refractivity contribution in [1.29, 1.82) is 0 Å². The van der Waals surface area contributed by atoms with Gasteiger partial charge in [-0.3, -0.25) is 4.68 Å². The molecule has 0 radical (unpaired) electrons. The van der Waals surface area contributed by atoms with Crippen molar-refractivity contribution in [3.8, 4) is 0 Å². The van der Waals surface area contributed by atoms with Gasteiger partial charge in [-0.2, -0.15) is 5.10 Å². The molecular weight excluding hydrogens is 253 g/mol. The Morgan fingerprint density at radius 2 is 2.11 bits per heavy atom. The largest absolute Gasteiger partial charge is 0.309 e. The zero-order chi connectivity index (χ0) is 13.3. The molecule has 0 fully saturated rings. The van der Waals surface area contributed by atoms with Crippen molar-refractivity contribution in [2.75, 3.05) is 7.05 Å². The van der Waals surface area contributed by atoms with Gasteiger partial charge in [0.2, 0.25) is 0 Å². The van der Waals surface area contributed by atoms with Gasteiger partial charge < -0.3 is 5.32 Å². The van der Waals surface area contributed by atoms with Crippen LogP contribution in [-0.4, -0.2) is 16.8 Å². The average molecular weight is 268 g/mol. The molecule has 18 heavy (non-hydrogen) atoms. The van der Waals surface area contributed by atoms with Gasteiger partial charge in [0.15, 0.2) is 0 Å². The summed E-state index contributed by atoms with van der Waals surface area (Å²) in [5.41, 5.74) is 2.61. The summed E-state index contributed by atoms with van der Waals surface area (Å²) in [7, 11) is 3.68. The van der Waals surface area contributed by atoms with E-state index in [9.17, 15) is 4.39 Å². The van der Waals surface area contributed by atoms with Gasteiger partial charge >= 0.3 is 0 Å². The number of halogens is 2. The lowest BCUT2D eigenvalue weighted by atomic mass is 9.99. The number of aryl methyl sites for hydroxylation is 2. The van der Waals surface area contributed by atoms with Crippen molar-refractivity contribution in [1.82, 2.24) is 15.1 Å². The van der Waals surface area contributed by atoms with Crippen LogP contribution < -0.4 is 5.32 Å². The molecule has 0 aliphatic heterocycles. The van der Waals surface area contributed by atoms with E-state index in [0.29, 0.717) is 5.02 Å². The van der Waals surface area contributed by atoms with Crippen LogP contribution >= 0.6 is 11.6 Å². The summed E-state index contributed by atoms with van der Waals surface area (Å²) in [4.78, 5) is 0. The molecule has 1 unspecified atom stereocenters. The van der Waals surface area contributed by atoms with Crippen LogP contribution in [0.25, 0.3) is 0 Å². The van der Waals surface area contributed by atoms with Crippen LogP contribution in [0.4, 0.5) is 4.39 Å². The molecule has 0 bridgehead atoms. The van der Waals surface area contributed by atoms with Crippen molar-refractivity contribution in [2.45, 2.75) is 13.0 Å². The quantitative estimate of drug-likeness (QED) is 0.927. The molecule has 96 valence electrons. The molecular formula is C13H15ClFN3. The highest BCUT2D eigenvalue weighted by atomic mass is 35.5. The highest BCUT2D eigenvalue weighted by Gasteiger charge is 2.19. The molecule has 0 saturated heterocycles. The lowest BCUT2D eigenvalue weighted by Gasteiger charge is -2.17. The van der Waals surface area contributed by atoms with Crippen molar-refractivity contribution in [3.63, 3.8) is 0 Å². The zero-order valence-corrected chi connectivity index (χ0v) is 11.3. The van der Waals surface area contributed by atoms with E-state index in [1.807, 2.05) is 27.2 Å². The molecule has 0 amide bonds. The first-order valence-corrected chi connectivity index (χ1v) is 6.03. The second-order valence-electron chi connectivity index (χ2n) is 4.23. The number of rotatable bonds is 3. The highest BCUT2D eigenvalue weighted by Crippen LogP contribution is 2.30. The van der Waals surface area contributed by atoms with Gasteiger partial charge in [-0.05, 0) is 37.7 Å². The second-order valence-corrected chi connectivity index (χ2v) is 4.64. The summed E-state index contributed by atoms with van der Waals surface area (Å²) in [6, 6.07) is 4.22. The van der Waals surface area contributed by atoms with Crippen LogP contribution in [0.5, 0.6) is 0 Å². The monoisotopic (exact) mass is 267 g/mol. The summed E-state index contributed by atoms with van der Waals surface area (Å²) in [6.45, 7) is 1.92. The number of nitrogens with zero attached hydrogens (tertiary/aromatic N) is 2. The topological polar surface area (TPSA) is 29.9 Å².